The molecule has 0 aromatic heterocycles. The summed E-state index contributed by atoms with van der Waals surface area (Å²) in [7, 11) is 0. The van der Waals surface area contributed by atoms with Crippen LogP contribution in [0.2, 0.25) is 0 Å². The van der Waals surface area contributed by atoms with E-state index in [0.29, 0.717) is 13.0 Å². The lowest BCUT2D eigenvalue weighted by molar-refractivity contribution is 0.0918. The van der Waals surface area contributed by atoms with Crippen LogP contribution in [0.4, 0.5) is 4.39 Å². The van der Waals surface area contributed by atoms with Gasteiger partial charge in [0.15, 0.2) is 0 Å². The highest BCUT2D eigenvalue weighted by Gasteiger charge is 2.21. The van der Waals surface area contributed by atoms with Crippen molar-refractivity contribution in [2.24, 2.45) is 10.9 Å². The monoisotopic (exact) mass is 208 g/mol. The van der Waals surface area contributed by atoms with Gasteiger partial charge in [-0.2, -0.15) is 0 Å². The number of aryl methyl sites for hydroxylation is 1. The minimum atomic E-state index is -0.230. The lowest BCUT2D eigenvalue weighted by atomic mass is 10.0. The fourth-order valence-electron chi connectivity index (χ4n) is 1.66. The van der Waals surface area contributed by atoms with Gasteiger partial charge in [0.25, 0.3) is 0 Å². The lowest BCUT2D eigenvalue weighted by Crippen LogP contribution is -2.20. The molecule has 0 radical (unpaired) electrons. The molecule has 2 rings (SSSR count). The summed E-state index contributed by atoms with van der Waals surface area (Å²) in [6.45, 7) is 2.31. The van der Waals surface area contributed by atoms with E-state index in [0.717, 1.165) is 16.8 Å². The summed E-state index contributed by atoms with van der Waals surface area (Å²) < 4.78 is 12.9. The molecule has 80 valence electrons. The Bertz CT molecular complexity index is 404. The van der Waals surface area contributed by atoms with Crippen molar-refractivity contribution in [1.82, 2.24) is 0 Å². The summed E-state index contributed by atoms with van der Waals surface area (Å²) in [4.78, 5) is 5.12. The SMILES string of the molecule is Cc1cc(F)ccc1C1=NOC(CN)C1. The topological polar surface area (TPSA) is 47.6 Å². The van der Waals surface area contributed by atoms with Crippen molar-refractivity contribution >= 4 is 5.71 Å². The van der Waals surface area contributed by atoms with Gasteiger partial charge in [-0.05, 0) is 30.7 Å². The van der Waals surface area contributed by atoms with Gasteiger partial charge in [-0.15, -0.1) is 0 Å². The first-order valence-electron chi connectivity index (χ1n) is 4.90. The van der Waals surface area contributed by atoms with Crippen molar-refractivity contribution < 1.29 is 9.23 Å². The van der Waals surface area contributed by atoms with Crippen LogP contribution < -0.4 is 5.73 Å². The van der Waals surface area contributed by atoms with Crippen LogP contribution in [0.3, 0.4) is 0 Å². The first kappa shape index (κ1) is 10.1. The smallest absolute Gasteiger partial charge is 0.145 e. The second kappa shape index (κ2) is 3.98. The Morgan fingerprint density at radius 2 is 2.40 bits per heavy atom. The molecule has 1 aromatic carbocycles. The Morgan fingerprint density at radius 1 is 1.60 bits per heavy atom. The highest BCUT2D eigenvalue weighted by atomic mass is 19.1. The van der Waals surface area contributed by atoms with E-state index in [1.807, 2.05) is 6.92 Å². The number of benzene rings is 1. The first-order valence-corrected chi connectivity index (χ1v) is 4.90. The van der Waals surface area contributed by atoms with Crippen LogP contribution in [-0.4, -0.2) is 18.4 Å². The van der Waals surface area contributed by atoms with Crippen LogP contribution in [0.5, 0.6) is 0 Å². The molecule has 2 N–H and O–H groups in total. The van der Waals surface area contributed by atoms with E-state index in [9.17, 15) is 4.39 Å². The summed E-state index contributed by atoms with van der Waals surface area (Å²) >= 11 is 0. The van der Waals surface area contributed by atoms with Gasteiger partial charge in [-0.3, -0.25) is 0 Å². The highest BCUT2D eigenvalue weighted by molar-refractivity contribution is 6.02. The van der Waals surface area contributed by atoms with Crippen molar-refractivity contribution in [3.8, 4) is 0 Å². The van der Waals surface area contributed by atoms with Crippen LogP contribution in [0, 0.1) is 12.7 Å². The molecule has 3 nitrogen and oxygen atoms in total. The Morgan fingerprint density at radius 3 is 3.00 bits per heavy atom. The van der Waals surface area contributed by atoms with Crippen molar-refractivity contribution in [3.63, 3.8) is 0 Å². The van der Waals surface area contributed by atoms with Gasteiger partial charge in [0.2, 0.25) is 0 Å². The number of halogens is 1. The maximum atomic E-state index is 12.9. The van der Waals surface area contributed by atoms with E-state index in [4.69, 9.17) is 10.6 Å². The van der Waals surface area contributed by atoms with Gasteiger partial charge in [-0.25, -0.2) is 4.39 Å². The average molecular weight is 208 g/mol. The van der Waals surface area contributed by atoms with Crippen molar-refractivity contribution in [1.29, 1.82) is 0 Å². The first-order chi connectivity index (χ1) is 7.20. The van der Waals surface area contributed by atoms with E-state index in [-0.39, 0.29) is 11.9 Å². The summed E-state index contributed by atoms with van der Waals surface area (Å²) in [6, 6.07) is 4.65. The normalized spacial score (nSPS) is 19.9. The highest BCUT2D eigenvalue weighted by Crippen LogP contribution is 2.19. The molecule has 0 saturated heterocycles. The van der Waals surface area contributed by atoms with Gasteiger partial charge in [0.1, 0.15) is 11.9 Å². The van der Waals surface area contributed by atoms with E-state index in [1.54, 1.807) is 6.07 Å². The molecule has 1 unspecified atom stereocenters. The third-order valence-electron chi connectivity index (χ3n) is 2.50. The molecule has 4 heteroatoms. The average Bonchev–Trinajstić information content (AvgIpc) is 2.66. The van der Waals surface area contributed by atoms with Crippen molar-refractivity contribution in [2.45, 2.75) is 19.4 Å². The zero-order valence-corrected chi connectivity index (χ0v) is 8.53. The second-order valence-electron chi connectivity index (χ2n) is 3.66. The van der Waals surface area contributed by atoms with Gasteiger partial charge in [0.05, 0.1) is 5.71 Å². The van der Waals surface area contributed by atoms with Gasteiger partial charge in [-0.1, -0.05) is 5.16 Å². The molecule has 0 saturated carbocycles. The van der Waals surface area contributed by atoms with E-state index < -0.39 is 0 Å². The third kappa shape index (κ3) is 1.99. The summed E-state index contributed by atoms with van der Waals surface area (Å²) in [5, 5.41) is 3.96. The van der Waals surface area contributed by atoms with E-state index in [1.165, 1.54) is 12.1 Å². The molecule has 0 amide bonds. The van der Waals surface area contributed by atoms with Crippen molar-refractivity contribution in [3.05, 3.63) is 35.1 Å². The Labute approximate surface area is 87.7 Å². The van der Waals surface area contributed by atoms with Gasteiger partial charge < -0.3 is 10.6 Å². The fourth-order valence-corrected chi connectivity index (χ4v) is 1.66. The molecule has 0 aliphatic carbocycles. The van der Waals surface area contributed by atoms with E-state index in [2.05, 4.69) is 5.16 Å². The predicted molar refractivity (Wildman–Crippen MR) is 56.2 cm³/mol. The summed E-state index contributed by atoms with van der Waals surface area (Å²) in [5.74, 6) is -0.230. The molecule has 0 spiro atoms. The van der Waals surface area contributed by atoms with Crippen LogP contribution in [0.1, 0.15) is 17.5 Å². The Hall–Kier alpha value is -1.42. The minimum absolute atomic E-state index is 0.0375. The molecule has 1 heterocycles. The Kier molecular flexibility index (Phi) is 2.68. The number of nitrogens with two attached hydrogens (primary N) is 1. The molecule has 1 atom stereocenters. The molecule has 15 heavy (non-hydrogen) atoms. The molecule has 1 aliphatic rings. The number of rotatable bonds is 2. The molecule has 1 aromatic rings. The van der Waals surface area contributed by atoms with E-state index >= 15 is 0 Å². The molecule has 0 fully saturated rings. The number of hydrogen-bond acceptors (Lipinski definition) is 3. The fraction of sp³-hybridized carbons (Fsp3) is 0.364. The van der Waals surface area contributed by atoms with Crippen LogP contribution >= 0.6 is 0 Å². The Balaban J connectivity index is 2.24. The maximum Gasteiger partial charge on any atom is 0.145 e. The molecule has 0 bridgehead atoms. The lowest BCUT2D eigenvalue weighted by Gasteiger charge is -2.04. The number of oxime groups is 1. The summed E-state index contributed by atoms with van der Waals surface area (Å²) in [6.07, 6.45) is 0.660. The minimum Gasteiger partial charge on any atom is -0.390 e. The predicted octanol–water partition coefficient (Wildman–Crippen LogP) is 1.59. The zero-order chi connectivity index (χ0) is 10.8. The molecular formula is C11H13FN2O. The number of nitrogens with zero attached hydrogens (tertiary/aromatic N) is 1. The standard InChI is InChI=1S/C11H13FN2O/c1-7-4-8(12)2-3-10(7)11-5-9(6-13)15-14-11/h2-4,9H,5-6,13H2,1H3. The molecule has 1 aliphatic heterocycles. The second-order valence-corrected chi connectivity index (χ2v) is 3.66. The van der Waals surface area contributed by atoms with Gasteiger partial charge >= 0.3 is 0 Å². The van der Waals surface area contributed by atoms with Crippen LogP contribution in [0.25, 0.3) is 0 Å². The zero-order valence-electron chi connectivity index (χ0n) is 8.53. The quantitative estimate of drug-likeness (QED) is 0.802. The van der Waals surface area contributed by atoms with Crippen molar-refractivity contribution in [2.75, 3.05) is 6.54 Å². The summed E-state index contributed by atoms with van der Waals surface area (Å²) in [5.41, 5.74) is 8.14. The van der Waals surface area contributed by atoms with Crippen LogP contribution in [-0.2, 0) is 4.84 Å². The molecular weight excluding hydrogens is 195 g/mol. The number of hydrogen-bond donors (Lipinski definition) is 1. The largest absolute Gasteiger partial charge is 0.390 e. The maximum absolute atomic E-state index is 12.9. The van der Waals surface area contributed by atoms with Gasteiger partial charge in [0, 0.05) is 18.5 Å². The third-order valence-corrected chi connectivity index (χ3v) is 2.50. The van der Waals surface area contributed by atoms with Crippen LogP contribution in [0.15, 0.2) is 23.4 Å².